The number of pyridine rings is 1. The van der Waals surface area contributed by atoms with Crippen LogP contribution in [0.1, 0.15) is 35.3 Å². The molecule has 1 amide bonds. The number of hydrogen-bond donors (Lipinski definition) is 5. The number of nitrogen functional groups attached to an aromatic ring is 1. The van der Waals surface area contributed by atoms with Crippen LogP contribution < -0.4 is 16.4 Å². The average molecular weight is 511 g/mol. The summed E-state index contributed by atoms with van der Waals surface area (Å²) in [6.45, 7) is 2.84. The molecular formula is C31H34N4O3. The van der Waals surface area contributed by atoms with Crippen LogP contribution in [0.15, 0.2) is 91.1 Å². The van der Waals surface area contributed by atoms with Crippen molar-refractivity contribution in [3.63, 3.8) is 0 Å². The standard InChI is InChI=1S/C31H34N4O3/c1-21(33-20-29(37)25-13-14-30(32)34-19-25)15-22-7-6-8-23(16-22)17-31(38)35-18-24-9-2-3-10-26(24)27-11-4-5-12-28(27)36/h2-14,16,19,21,29,33,36-37H,15,17-18,20H2,1H3,(H2,32,34)(H,35,38)/t21-,29+/m1/s1. The lowest BCUT2D eigenvalue weighted by Crippen LogP contribution is -2.32. The maximum Gasteiger partial charge on any atom is 0.224 e. The van der Waals surface area contributed by atoms with Crippen molar-refractivity contribution in [1.29, 1.82) is 0 Å². The summed E-state index contributed by atoms with van der Waals surface area (Å²) in [5, 5.41) is 27.0. The molecule has 0 saturated heterocycles. The second-order valence-electron chi connectivity index (χ2n) is 9.49. The maximum absolute atomic E-state index is 12.8. The Labute approximate surface area is 223 Å². The minimum atomic E-state index is -0.670. The van der Waals surface area contributed by atoms with Crippen LogP contribution in [0, 0.1) is 0 Å². The predicted molar refractivity (Wildman–Crippen MR) is 150 cm³/mol. The van der Waals surface area contributed by atoms with Crippen molar-refractivity contribution in [3.8, 4) is 16.9 Å². The Bertz CT molecular complexity index is 1360. The van der Waals surface area contributed by atoms with Crippen LogP contribution in [0.3, 0.4) is 0 Å². The number of aromatic nitrogens is 1. The normalized spacial score (nSPS) is 12.6. The number of amides is 1. The highest BCUT2D eigenvalue weighted by Crippen LogP contribution is 2.31. The van der Waals surface area contributed by atoms with E-state index < -0.39 is 6.10 Å². The van der Waals surface area contributed by atoms with Crippen molar-refractivity contribution in [2.45, 2.75) is 38.5 Å². The molecule has 0 unspecified atom stereocenters. The Hall–Kier alpha value is -4.20. The van der Waals surface area contributed by atoms with Crippen molar-refractivity contribution in [2.24, 2.45) is 0 Å². The number of phenols is 1. The number of aliphatic hydroxyl groups excluding tert-OH is 1. The van der Waals surface area contributed by atoms with Crippen molar-refractivity contribution in [3.05, 3.63) is 113 Å². The molecule has 0 radical (unpaired) electrons. The molecule has 4 rings (SSSR count). The van der Waals surface area contributed by atoms with Gasteiger partial charge in [-0.05, 0) is 47.7 Å². The van der Waals surface area contributed by atoms with Gasteiger partial charge in [-0.2, -0.15) is 0 Å². The number of para-hydroxylation sites is 1. The molecule has 0 aliphatic carbocycles. The largest absolute Gasteiger partial charge is 0.507 e. The SMILES string of the molecule is C[C@H](Cc1cccc(CC(=O)NCc2ccccc2-c2ccccc2O)c1)NC[C@H](O)c1ccc(N)nc1. The van der Waals surface area contributed by atoms with Crippen LogP contribution in [-0.4, -0.2) is 33.7 Å². The van der Waals surface area contributed by atoms with Gasteiger partial charge in [-0.1, -0.05) is 72.8 Å². The van der Waals surface area contributed by atoms with E-state index in [1.54, 1.807) is 30.5 Å². The van der Waals surface area contributed by atoms with Crippen LogP contribution in [0.5, 0.6) is 5.75 Å². The molecule has 3 aromatic carbocycles. The number of rotatable bonds is 11. The summed E-state index contributed by atoms with van der Waals surface area (Å²) < 4.78 is 0. The molecule has 0 aliphatic heterocycles. The van der Waals surface area contributed by atoms with E-state index in [9.17, 15) is 15.0 Å². The van der Waals surface area contributed by atoms with Crippen molar-refractivity contribution in [2.75, 3.05) is 12.3 Å². The first-order valence-corrected chi connectivity index (χ1v) is 12.7. The van der Waals surface area contributed by atoms with Gasteiger partial charge in [0.1, 0.15) is 11.6 Å². The van der Waals surface area contributed by atoms with E-state index in [1.165, 1.54) is 0 Å². The number of aliphatic hydroxyl groups is 1. The summed E-state index contributed by atoms with van der Waals surface area (Å²) in [5.41, 5.74) is 11.0. The highest BCUT2D eigenvalue weighted by Gasteiger charge is 2.12. The van der Waals surface area contributed by atoms with Gasteiger partial charge in [-0.25, -0.2) is 4.98 Å². The van der Waals surface area contributed by atoms with E-state index in [0.717, 1.165) is 39.8 Å². The Kier molecular flexibility index (Phi) is 9.08. The highest BCUT2D eigenvalue weighted by atomic mass is 16.3. The number of hydrogen-bond acceptors (Lipinski definition) is 6. The zero-order valence-electron chi connectivity index (χ0n) is 21.5. The van der Waals surface area contributed by atoms with Gasteiger partial charge < -0.3 is 26.6 Å². The number of nitrogens with two attached hydrogens (primary N) is 1. The molecule has 6 N–H and O–H groups in total. The summed E-state index contributed by atoms with van der Waals surface area (Å²) in [6, 6.07) is 26.5. The summed E-state index contributed by atoms with van der Waals surface area (Å²) in [6.07, 6.45) is 1.95. The summed E-state index contributed by atoms with van der Waals surface area (Å²) >= 11 is 0. The maximum atomic E-state index is 12.8. The number of anilines is 1. The number of nitrogens with one attached hydrogen (secondary N) is 2. The third kappa shape index (κ3) is 7.41. The molecule has 0 fully saturated rings. The molecule has 38 heavy (non-hydrogen) atoms. The number of phenolic OH excluding ortho intramolecular Hbond substituents is 1. The van der Waals surface area contributed by atoms with Gasteiger partial charge in [0.05, 0.1) is 12.5 Å². The molecule has 196 valence electrons. The molecular weight excluding hydrogens is 476 g/mol. The lowest BCUT2D eigenvalue weighted by atomic mass is 9.98. The zero-order valence-corrected chi connectivity index (χ0v) is 21.5. The molecule has 0 aliphatic rings. The van der Waals surface area contributed by atoms with Gasteiger partial charge in [0.15, 0.2) is 0 Å². The fraction of sp³-hybridized carbons (Fsp3) is 0.226. The fourth-order valence-electron chi connectivity index (χ4n) is 4.42. The number of nitrogens with zero attached hydrogens (tertiary/aromatic N) is 1. The van der Waals surface area contributed by atoms with Crippen LogP contribution in [0.2, 0.25) is 0 Å². The quantitative estimate of drug-likeness (QED) is 0.207. The number of aromatic hydroxyl groups is 1. The summed E-state index contributed by atoms with van der Waals surface area (Å²) in [7, 11) is 0. The lowest BCUT2D eigenvalue weighted by Gasteiger charge is -2.18. The van der Waals surface area contributed by atoms with E-state index in [2.05, 4.69) is 22.5 Å². The van der Waals surface area contributed by atoms with Gasteiger partial charge in [-0.15, -0.1) is 0 Å². The predicted octanol–water partition coefficient (Wildman–Crippen LogP) is 4.15. The highest BCUT2D eigenvalue weighted by molar-refractivity contribution is 5.79. The van der Waals surface area contributed by atoms with E-state index in [1.807, 2.05) is 60.7 Å². The van der Waals surface area contributed by atoms with Crippen molar-refractivity contribution < 1.29 is 15.0 Å². The fourth-order valence-corrected chi connectivity index (χ4v) is 4.42. The molecule has 0 bridgehead atoms. The summed E-state index contributed by atoms with van der Waals surface area (Å²) in [5.74, 6) is 0.567. The monoisotopic (exact) mass is 510 g/mol. The van der Waals surface area contributed by atoms with Gasteiger partial charge in [0.2, 0.25) is 5.91 Å². The first-order valence-electron chi connectivity index (χ1n) is 12.7. The van der Waals surface area contributed by atoms with Crippen LogP contribution in [0.4, 0.5) is 5.82 Å². The van der Waals surface area contributed by atoms with Crippen molar-refractivity contribution in [1.82, 2.24) is 15.6 Å². The first-order chi connectivity index (χ1) is 18.4. The van der Waals surface area contributed by atoms with Gasteiger partial charge in [-0.3, -0.25) is 4.79 Å². The molecule has 4 aromatic rings. The Balaban J connectivity index is 1.29. The molecule has 1 aromatic heterocycles. The first kappa shape index (κ1) is 26.9. The second-order valence-corrected chi connectivity index (χ2v) is 9.49. The van der Waals surface area contributed by atoms with Gasteiger partial charge in [0, 0.05) is 36.5 Å². The van der Waals surface area contributed by atoms with E-state index >= 15 is 0 Å². The number of carbonyl (C=O) groups is 1. The van der Waals surface area contributed by atoms with Crippen LogP contribution >= 0.6 is 0 Å². The minimum absolute atomic E-state index is 0.0689. The smallest absolute Gasteiger partial charge is 0.224 e. The second kappa shape index (κ2) is 12.9. The summed E-state index contributed by atoms with van der Waals surface area (Å²) in [4.78, 5) is 16.8. The van der Waals surface area contributed by atoms with E-state index in [0.29, 0.717) is 18.9 Å². The topological polar surface area (TPSA) is 120 Å². The molecule has 1 heterocycles. The molecule has 7 heteroatoms. The Morgan fingerprint density at radius 2 is 1.68 bits per heavy atom. The van der Waals surface area contributed by atoms with Crippen LogP contribution in [-0.2, 0) is 24.2 Å². The van der Waals surface area contributed by atoms with Crippen LogP contribution in [0.25, 0.3) is 11.1 Å². The molecule has 0 saturated carbocycles. The Morgan fingerprint density at radius 3 is 2.45 bits per heavy atom. The van der Waals surface area contributed by atoms with Crippen molar-refractivity contribution >= 4 is 11.7 Å². The average Bonchev–Trinajstić information content (AvgIpc) is 2.92. The number of carbonyl (C=O) groups excluding carboxylic acids is 1. The van der Waals surface area contributed by atoms with Gasteiger partial charge >= 0.3 is 0 Å². The number of benzene rings is 3. The molecule has 0 spiro atoms. The third-order valence-electron chi connectivity index (χ3n) is 6.44. The van der Waals surface area contributed by atoms with Gasteiger partial charge in [0.25, 0.3) is 0 Å². The van der Waals surface area contributed by atoms with E-state index in [4.69, 9.17) is 5.73 Å². The van der Waals surface area contributed by atoms with E-state index in [-0.39, 0.29) is 24.1 Å². The third-order valence-corrected chi connectivity index (χ3v) is 6.44. The lowest BCUT2D eigenvalue weighted by molar-refractivity contribution is -0.120. The molecule has 7 nitrogen and oxygen atoms in total. The minimum Gasteiger partial charge on any atom is -0.507 e. The molecule has 2 atom stereocenters. The zero-order chi connectivity index (χ0) is 26.9. The Morgan fingerprint density at radius 1 is 0.947 bits per heavy atom.